The summed E-state index contributed by atoms with van der Waals surface area (Å²) in [5.74, 6) is -2.96. The monoisotopic (exact) mass is 176 g/mol. The molecule has 3 heteroatoms. The van der Waals surface area contributed by atoms with E-state index in [0.717, 1.165) is 19.3 Å². The summed E-state index contributed by atoms with van der Waals surface area (Å²) in [5, 5.41) is 26.3. The van der Waals surface area contributed by atoms with Crippen molar-refractivity contribution in [2.45, 2.75) is 51.9 Å². The van der Waals surface area contributed by atoms with Gasteiger partial charge in [0.05, 0.1) is 0 Å². The van der Waals surface area contributed by atoms with Gasteiger partial charge in [-0.3, -0.25) is 0 Å². The van der Waals surface area contributed by atoms with Crippen molar-refractivity contribution in [3.63, 3.8) is 0 Å². The molecule has 0 radical (unpaired) electrons. The summed E-state index contributed by atoms with van der Waals surface area (Å²) < 4.78 is 0. The number of hydrogen-bond donors (Lipinski definition) is 3. The molecular weight excluding hydrogens is 156 g/mol. The van der Waals surface area contributed by atoms with Crippen LogP contribution in [0, 0.1) is 5.92 Å². The Morgan fingerprint density at radius 2 is 1.67 bits per heavy atom. The predicted octanol–water partition coefficient (Wildman–Crippen LogP) is 1.22. The van der Waals surface area contributed by atoms with Gasteiger partial charge in [0, 0.05) is 5.92 Å². The average molecular weight is 176 g/mol. The second-order valence-electron chi connectivity index (χ2n) is 3.44. The Labute approximate surface area is 74.0 Å². The zero-order chi connectivity index (χ0) is 9.61. The van der Waals surface area contributed by atoms with Gasteiger partial charge in [0.25, 0.3) is 5.97 Å². The van der Waals surface area contributed by atoms with Gasteiger partial charge < -0.3 is 15.3 Å². The van der Waals surface area contributed by atoms with Gasteiger partial charge >= 0.3 is 0 Å². The molecule has 0 aromatic heterocycles. The van der Waals surface area contributed by atoms with E-state index in [0.29, 0.717) is 6.42 Å². The van der Waals surface area contributed by atoms with E-state index in [1.807, 2.05) is 0 Å². The average Bonchev–Trinajstić information content (AvgIpc) is 1.96. The highest BCUT2D eigenvalue weighted by atomic mass is 16.7. The van der Waals surface area contributed by atoms with Crippen molar-refractivity contribution >= 4 is 0 Å². The highest BCUT2D eigenvalue weighted by molar-refractivity contribution is 4.59. The number of aliphatic hydroxyl groups is 3. The lowest BCUT2D eigenvalue weighted by Gasteiger charge is -2.21. The molecule has 0 aromatic rings. The maximum Gasteiger partial charge on any atom is 0.277 e. The van der Waals surface area contributed by atoms with Crippen LogP contribution in [0.25, 0.3) is 0 Å². The minimum absolute atomic E-state index is 0.464. The second-order valence-corrected chi connectivity index (χ2v) is 3.44. The van der Waals surface area contributed by atoms with Crippen molar-refractivity contribution in [3.8, 4) is 0 Å². The summed E-state index contributed by atoms with van der Waals surface area (Å²) in [6.45, 7) is 3.75. The molecule has 0 aliphatic rings. The Bertz CT molecular complexity index is 107. The van der Waals surface area contributed by atoms with Crippen LogP contribution in [-0.2, 0) is 0 Å². The lowest BCUT2D eigenvalue weighted by molar-refractivity contribution is -0.339. The number of unbranched alkanes of at least 4 members (excludes halogenated alkanes) is 3. The largest absolute Gasteiger partial charge is 0.343 e. The van der Waals surface area contributed by atoms with E-state index in [4.69, 9.17) is 15.3 Å². The molecule has 3 N–H and O–H groups in total. The normalized spacial score (nSPS) is 14.8. The van der Waals surface area contributed by atoms with E-state index in [-0.39, 0.29) is 0 Å². The van der Waals surface area contributed by atoms with Gasteiger partial charge in [-0.2, -0.15) is 0 Å². The topological polar surface area (TPSA) is 60.7 Å². The molecule has 0 heterocycles. The minimum Gasteiger partial charge on any atom is -0.343 e. The van der Waals surface area contributed by atoms with E-state index in [2.05, 4.69) is 6.92 Å². The zero-order valence-electron chi connectivity index (χ0n) is 7.95. The molecule has 0 rings (SSSR count). The van der Waals surface area contributed by atoms with Crippen LogP contribution in [-0.4, -0.2) is 21.3 Å². The van der Waals surface area contributed by atoms with Crippen LogP contribution in [0.5, 0.6) is 0 Å². The molecule has 0 bridgehead atoms. The van der Waals surface area contributed by atoms with Gasteiger partial charge in [-0.1, -0.05) is 39.5 Å². The first-order valence-corrected chi connectivity index (χ1v) is 4.65. The molecule has 0 aliphatic carbocycles. The fraction of sp³-hybridized carbons (Fsp3) is 1.00. The number of hydrogen-bond acceptors (Lipinski definition) is 3. The zero-order valence-corrected chi connectivity index (χ0v) is 7.95. The third-order valence-corrected chi connectivity index (χ3v) is 2.15. The Morgan fingerprint density at radius 3 is 2.08 bits per heavy atom. The van der Waals surface area contributed by atoms with Crippen molar-refractivity contribution in [1.82, 2.24) is 0 Å². The summed E-state index contributed by atoms with van der Waals surface area (Å²) in [4.78, 5) is 0. The van der Waals surface area contributed by atoms with Gasteiger partial charge in [-0.05, 0) is 6.42 Å². The first kappa shape index (κ1) is 11.9. The first-order valence-electron chi connectivity index (χ1n) is 4.65. The van der Waals surface area contributed by atoms with Crippen LogP contribution in [0.15, 0.2) is 0 Å². The smallest absolute Gasteiger partial charge is 0.277 e. The Hall–Kier alpha value is -0.120. The molecule has 0 fully saturated rings. The minimum atomic E-state index is -2.49. The van der Waals surface area contributed by atoms with E-state index in [9.17, 15) is 0 Å². The van der Waals surface area contributed by atoms with Gasteiger partial charge in [0.15, 0.2) is 0 Å². The Balaban J connectivity index is 3.38. The van der Waals surface area contributed by atoms with Crippen molar-refractivity contribution < 1.29 is 15.3 Å². The molecule has 0 amide bonds. The highest BCUT2D eigenvalue weighted by Gasteiger charge is 2.26. The van der Waals surface area contributed by atoms with Gasteiger partial charge in [-0.15, -0.1) is 0 Å². The standard InChI is InChI=1S/C9H20O3/c1-3-4-5-6-7-8(2)9(10,11)12/h8,10-12H,3-7H2,1-2H3. The predicted molar refractivity (Wildman–Crippen MR) is 47.3 cm³/mol. The third-order valence-electron chi connectivity index (χ3n) is 2.15. The van der Waals surface area contributed by atoms with E-state index >= 15 is 0 Å². The Kier molecular flexibility index (Phi) is 5.46. The van der Waals surface area contributed by atoms with Crippen LogP contribution in [0.1, 0.15) is 46.0 Å². The molecule has 0 saturated heterocycles. The van der Waals surface area contributed by atoms with Crippen LogP contribution >= 0.6 is 0 Å². The van der Waals surface area contributed by atoms with Crippen molar-refractivity contribution in [3.05, 3.63) is 0 Å². The van der Waals surface area contributed by atoms with E-state index in [1.165, 1.54) is 6.42 Å². The fourth-order valence-corrected chi connectivity index (χ4v) is 1.07. The van der Waals surface area contributed by atoms with Crippen LogP contribution in [0.2, 0.25) is 0 Å². The molecule has 74 valence electrons. The van der Waals surface area contributed by atoms with E-state index < -0.39 is 11.9 Å². The summed E-state index contributed by atoms with van der Waals surface area (Å²) in [6.07, 6.45) is 5.03. The molecule has 0 aliphatic heterocycles. The van der Waals surface area contributed by atoms with Gasteiger partial charge in [0.1, 0.15) is 0 Å². The van der Waals surface area contributed by atoms with Crippen LogP contribution in [0.4, 0.5) is 0 Å². The molecular formula is C9H20O3. The van der Waals surface area contributed by atoms with Gasteiger partial charge in [0.2, 0.25) is 0 Å². The Morgan fingerprint density at radius 1 is 1.08 bits per heavy atom. The second kappa shape index (κ2) is 5.51. The lowest BCUT2D eigenvalue weighted by Crippen LogP contribution is -2.35. The SMILES string of the molecule is CCCCCCC(C)C(O)(O)O. The quantitative estimate of drug-likeness (QED) is 0.421. The van der Waals surface area contributed by atoms with Gasteiger partial charge in [-0.25, -0.2) is 0 Å². The fourth-order valence-electron chi connectivity index (χ4n) is 1.07. The summed E-state index contributed by atoms with van der Waals surface area (Å²) >= 11 is 0. The molecule has 1 atom stereocenters. The highest BCUT2D eigenvalue weighted by Crippen LogP contribution is 2.18. The number of rotatable bonds is 6. The molecule has 12 heavy (non-hydrogen) atoms. The maximum atomic E-state index is 8.75. The molecule has 1 unspecified atom stereocenters. The van der Waals surface area contributed by atoms with Crippen LogP contribution < -0.4 is 0 Å². The third kappa shape index (κ3) is 5.52. The first-order chi connectivity index (χ1) is 5.48. The van der Waals surface area contributed by atoms with Crippen molar-refractivity contribution in [1.29, 1.82) is 0 Å². The molecule has 0 spiro atoms. The molecule has 0 saturated carbocycles. The molecule has 3 nitrogen and oxygen atoms in total. The summed E-state index contributed by atoms with van der Waals surface area (Å²) in [5.41, 5.74) is 0. The van der Waals surface area contributed by atoms with Crippen molar-refractivity contribution in [2.24, 2.45) is 5.92 Å². The van der Waals surface area contributed by atoms with Crippen molar-refractivity contribution in [2.75, 3.05) is 0 Å². The lowest BCUT2D eigenvalue weighted by atomic mass is 10.0. The van der Waals surface area contributed by atoms with E-state index in [1.54, 1.807) is 6.92 Å². The molecule has 0 aromatic carbocycles. The summed E-state index contributed by atoms with van der Waals surface area (Å²) in [7, 11) is 0. The van der Waals surface area contributed by atoms with Crippen LogP contribution in [0.3, 0.4) is 0 Å². The maximum absolute atomic E-state index is 8.75. The summed E-state index contributed by atoms with van der Waals surface area (Å²) in [6, 6.07) is 0.